The summed E-state index contributed by atoms with van der Waals surface area (Å²) < 4.78 is 0. The quantitative estimate of drug-likeness (QED) is 0.506. The molecule has 0 aromatic heterocycles. The Morgan fingerprint density at radius 1 is 1.54 bits per heavy atom. The van der Waals surface area contributed by atoms with E-state index in [1.54, 1.807) is 7.05 Å². The third-order valence-corrected chi connectivity index (χ3v) is 2.45. The van der Waals surface area contributed by atoms with Crippen LogP contribution in [-0.2, 0) is 4.79 Å². The molecule has 4 heteroatoms. The summed E-state index contributed by atoms with van der Waals surface area (Å²) in [7, 11) is 1.64. The molecule has 76 valence electrons. The number of aliphatic hydroxyl groups excluding tert-OH is 1. The standard InChI is InChI=1S/C9H18N2O2/c1-10-9(13)2-3-11-6-7-4-8(12)5-7/h7-8,11-12H,2-6H2,1H3,(H,10,13). The molecule has 4 nitrogen and oxygen atoms in total. The average Bonchev–Trinajstić information content (AvgIpc) is 2.08. The van der Waals surface area contributed by atoms with E-state index < -0.39 is 0 Å². The Balaban J connectivity index is 1.87. The number of rotatable bonds is 5. The molecule has 1 aliphatic rings. The fourth-order valence-electron chi connectivity index (χ4n) is 1.50. The van der Waals surface area contributed by atoms with Crippen LogP contribution < -0.4 is 10.6 Å². The van der Waals surface area contributed by atoms with Gasteiger partial charge in [0.1, 0.15) is 0 Å². The van der Waals surface area contributed by atoms with Gasteiger partial charge in [-0.15, -0.1) is 0 Å². The summed E-state index contributed by atoms with van der Waals surface area (Å²) in [6.07, 6.45) is 2.27. The molecular formula is C9H18N2O2. The van der Waals surface area contributed by atoms with Gasteiger partial charge in [0.05, 0.1) is 6.10 Å². The second kappa shape index (κ2) is 5.19. The monoisotopic (exact) mass is 186 g/mol. The first-order chi connectivity index (χ1) is 6.22. The van der Waals surface area contributed by atoms with Gasteiger partial charge in [0.25, 0.3) is 0 Å². The fourth-order valence-corrected chi connectivity index (χ4v) is 1.50. The lowest BCUT2D eigenvalue weighted by Gasteiger charge is -2.31. The molecule has 3 N–H and O–H groups in total. The largest absolute Gasteiger partial charge is 0.393 e. The minimum Gasteiger partial charge on any atom is -0.393 e. The summed E-state index contributed by atoms with van der Waals surface area (Å²) in [5.41, 5.74) is 0. The molecule has 0 unspecified atom stereocenters. The maximum absolute atomic E-state index is 10.8. The lowest BCUT2D eigenvalue weighted by atomic mass is 9.82. The van der Waals surface area contributed by atoms with Gasteiger partial charge < -0.3 is 15.7 Å². The molecule has 1 saturated carbocycles. The smallest absolute Gasteiger partial charge is 0.221 e. The molecule has 1 amide bonds. The lowest BCUT2D eigenvalue weighted by Crippen LogP contribution is -2.37. The van der Waals surface area contributed by atoms with Crippen molar-refractivity contribution in [3.05, 3.63) is 0 Å². The summed E-state index contributed by atoms with van der Waals surface area (Å²) in [5, 5.41) is 14.8. The van der Waals surface area contributed by atoms with Crippen molar-refractivity contribution < 1.29 is 9.90 Å². The third-order valence-electron chi connectivity index (χ3n) is 2.45. The lowest BCUT2D eigenvalue weighted by molar-refractivity contribution is -0.120. The summed E-state index contributed by atoms with van der Waals surface area (Å²) in [6, 6.07) is 0. The Labute approximate surface area is 78.7 Å². The molecule has 0 heterocycles. The van der Waals surface area contributed by atoms with E-state index in [0.29, 0.717) is 12.3 Å². The van der Waals surface area contributed by atoms with Gasteiger partial charge in [-0.25, -0.2) is 0 Å². The van der Waals surface area contributed by atoms with Crippen molar-refractivity contribution in [1.29, 1.82) is 0 Å². The zero-order valence-electron chi connectivity index (χ0n) is 8.05. The SMILES string of the molecule is CNC(=O)CCNCC1CC(O)C1. The minimum atomic E-state index is -0.0780. The normalized spacial score (nSPS) is 26.6. The van der Waals surface area contributed by atoms with Gasteiger partial charge in [-0.3, -0.25) is 4.79 Å². The number of aliphatic hydroxyl groups is 1. The van der Waals surface area contributed by atoms with Gasteiger partial charge in [-0.1, -0.05) is 0 Å². The maximum atomic E-state index is 10.8. The highest BCUT2D eigenvalue weighted by atomic mass is 16.3. The van der Waals surface area contributed by atoms with Gasteiger partial charge in [0.2, 0.25) is 5.91 Å². The van der Waals surface area contributed by atoms with E-state index >= 15 is 0 Å². The molecule has 1 fully saturated rings. The summed E-state index contributed by atoms with van der Waals surface area (Å²) in [6.45, 7) is 1.65. The third kappa shape index (κ3) is 3.74. The highest BCUT2D eigenvalue weighted by Crippen LogP contribution is 2.25. The van der Waals surface area contributed by atoms with Gasteiger partial charge >= 0.3 is 0 Å². The Morgan fingerprint density at radius 2 is 2.23 bits per heavy atom. The maximum Gasteiger partial charge on any atom is 0.221 e. The summed E-state index contributed by atoms with van der Waals surface area (Å²) in [5.74, 6) is 0.681. The topological polar surface area (TPSA) is 61.4 Å². The van der Waals surface area contributed by atoms with Gasteiger partial charge in [-0.05, 0) is 25.3 Å². The Bertz CT molecular complexity index is 167. The number of hydrogen-bond acceptors (Lipinski definition) is 3. The molecule has 0 radical (unpaired) electrons. The minimum absolute atomic E-state index is 0.0705. The molecule has 1 aliphatic carbocycles. The van der Waals surface area contributed by atoms with Crippen LogP contribution >= 0.6 is 0 Å². The number of nitrogens with one attached hydrogen (secondary N) is 2. The molecule has 0 saturated heterocycles. The van der Waals surface area contributed by atoms with Crippen LogP contribution in [0.3, 0.4) is 0 Å². The van der Waals surface area contributed by atoms with Crippen LogP contribution in [0.15, 0.2) is 0 Å². The molecule has 0 spiro atoms. The molecule has 0 aliphatic heterocycles. The Hall–Kier alpha value is -0.610. The molecule has 0 bridgehead atoms. The number of hydrogen-bond donors (Lipinski definition) is 3. The van der Waals surface area contributed by atoms with Crippen LogP contribution in [0, 0.1) is 5.92 Å². The van der Waals surface area contributed by atoms with Gasteiger partial charge in [0, 0.05) is 20.0 Å². The average molecular weight is 186 g/mol. The predicted octanol–water partition coefficient (Wildman–Crippen LogP) is -0.517. The number of carbonyl (C=O) groups is 1. The van der Waals surface area contributed by atoms with E-state index in [-0.39, 0.29) is 12.0 Å². The second-order valence-electron chi connectivity index (χ2n) is 3.62. The highest BCUT2D eigenvalue weighted by molar-refractivity contribution is 5.75. The van der Waals surface area contributed by atoms with Gasteiger partial charge in [-0.2, -0.15) is 0 Å². The molecule has 0 atom stereocenters. The van der Waals surface area contributed by atoms with Crippen molar-refractivity contribution in [3.8, 4) is 0 Å². The number of amides is 1. The van der Waals surface area contributed by atoms with Crippen molar-refractivity contribution in [3.63, 3.8) is 0 Å². The van der Waals surface area contributed by atoms with Gasteiger partial charge in [0.15, 0.2) is 0 Å². The molecule has 1 rings (SSSR count). The first-order valence-corrected chi connectivity index (χ1v) is 4.81. The van der Waals surface area contributed by atoms with Crippen LogP contribution in [0.1, 0.15) is 19.3 Å². The van der Waals surface area contributed by atoms with Crippen molar-refractivity contribution >= 4 is 5.91 Å². The summed E-state index contributed by atoms with van der Waals surface area (Å²) in [4.78, 5) is 10.8. The Morgan fingerprint density at radius 3 is 2.77 bits per heavy atom. The van der Waals surface area contributed by atoms with Crippen molar-refractivity contribution in [2.45, 2.75) is 25.4 Å². The van der Waals surface area contributed by atoms with Crippen LogP contribution in [0.2, 0.25) is 0 Å². The van der Waals surface area contributed by atoms with Crippen molar-refractivity contribution in [2.75, 3.05) is 20.1 Å². The Kier molecular flexibility index (Phi) is 4.18. The van der Waals surface area contributed by atoms with E-state index in [1.807, 2.05) is 0 Å². The van der Waals surface area contributed by atoms with E-state index in [0.717, 1.165) is 25.9 Å². The molecular weight excluding hydrogens is 168 g/mol. The summed E-state index contributed by atoms with van der Waals surface area (Å²) >= 11 is 0. The van der Waals surface area contributed by atoms with Crippen LogP contribution in [0.25, 0.3) is 0 Å². The zero-order chi connectivity index (χ0) is 9.68. The van der Waals surface area contributed by atoms with Crippen LogP contribution in [0.5, 0.6) is 0 Å². The second-order valence-corrected chi connectivity index (χ2v) is 3.62. The zero-order valence-corrected chi connectivity index (χ0v) is 8.05. The predicted molar refractivity (Wildman–Crippen MR) is 50.3 cm³/mol. The van der Waals surface area contributed by atoms with E-state index in [4.69, 9.17) is 5.11 Å². The fraction of sp³-hybridized carbons (Fsp3) is 0.889. The van der Waals surface area contributed by atoms with Crippen molar-refractivity contribution in [2.24, 2.45) is 5.92 Å². The highest BCUT2D eigenvalue weighted by Gasteiger charge is 2.26. The molecule has 0 aromatic carbocycles. The van der Waals surface area contributed by atoms with Crippen LogP contribution in [-0.4, -0.2) is 37.3 Å². The van der Waals surface area contributed by atoms with Crippen LogP contribution in [0.4, 0.5) is 0 Å². The first-order valence-electron chi connectivity index (χ1n) is 4.81. The number of carbonyl (C=O) groups excluding carboxylic acids is 1. The first kappa shape index (κ1) is 10.5. The van der Waals surface area contributed by atoms with E-state index in [2.05, 4.69) is 10.6 Å². The van der Waals surface area contributed by atoms with Crippen molar-refractivity contribution in [1.82, 2.24) is 10.6 Å². The molecule has 13 heavy (non-hydrogen) atoms. The van der Waals surface area contributed by atoms with E-state index in [9.17, 15) is 4.79 Å². The van der Waals surface area contributed by atoms with E-state index in [1.165, 1.54) is 0 Å². The molecule has 0 aromatic rings.